The number of sulfonamides is 1. The number of carbonyl (C=O) groups is 2. The van der Waals surface area contributed by atoms with Gasteiger partial charge in [0.15, 0.2) is 0 Å². The second-order valence-electron chi connectivity index (χ2n) is 7.37. The number of nitrogens with zero attached hydrogens (tertiary/aromatic N) is 2. The summed E-state index contributed by atoms with van der Waals surface area (Å²) in [5, 5.41) is 8.86. The van der Waals surface area contributed by atoms with Crippen LogP contribution in [-0.2, 0) is 14.8 Å². The van der Waals surface area contributed by atoms with Crippen LogP contribution in [0.15, 0.2) is 29.2 Å². The number of aliphatic carboxylic acids is 1. The zero-order chi connectivity index (χ0) is 20.2. The van der Waals surface area contributed by atoms with Gasteiger partial charge in [0.1, 0.15) is 0 Å². The van der Waals surface area contributed by atoms with Gasteiger partial charge < -0.3 is 10.0 Å². The van der Waals surface area contributed by atoms with E-state index in [1.807, 2.05) is 20.8 Å². The molecule has 150 valence electrons. The van der Waals surface area contributed by atoms with Gasteiger partial charge in [-0.05, 0) is 56.9 Å². The van der Waals surface area contributed by atoms with Gasteiger partial charge in [-0.1, -0.05) is 6.92 Å². The van der Waals surface area contributed by atoms with Crippen molar-refractivity contribution in [3.63, 3.8) is 0 Å². The first-order valence-corrected chi connectivity index (χ1v) is 10.7. The monoisotopic (exact) mass is 396 g/mol. The molecule has 7 nitrogen and oxygen atoms in total. The molecule has 1 saturated heterocycles. The molecule has 1 heterocycles. The molecular formula is C19H28N2O5S. The zero-order valence-corrected chi connectivity index (χ0v) is 16.9. The molecule has 27 heavy (non-hydrogen) atoms. The fourth-order valence-corrected chi connectivity index (χ4v) is 4.86. The topological polar surface area (TPSA) is 95.0 Å². The van der Waals surface area contributed by atoms with E-state index < -0.39 is 16.0 Å². The van der Waals surface area contributed by atoms with Gasteiger partial charge in [-0.2, -0.15) is 4.31 Å². The Kier molecular flexibility index (Phi) is 7.00. The number of carboxylic acids is 1. The number of hydrogen-bond acceptors (Lipinski definition) is 4. The molecule has 0 aliphatic carbocycles. The highest BCUT2D eigenvalue weighted by Crippen LogP contribution is 2.24. The third kappa shape index (κ3) is 5.29. The second-order valence-corrected chi connectivity index (χ2v) is 9.31. The quantitative estimate of drug-likeness (QED) is 0.764. The fourth-order valence-electron chi connectivity index (χ4n) is 3.26. The number of amides is 1. The molecule has 8 heteroatoms. The van der Waals surface area contributed by atoms with Crippen LogP contribution in [0.2, 0.25) is 0 Å². The third-order valence-corrected chi connectivity index (χ3v) is 6.69. The van der Waals surface area contributed by atoms with Crippen molar-refractivity contribution in [2.45, 2.75) is 51.0 Å². The standard InChI is InChI=1S/C19H28N2O5S/c1-14(2)21(12-10-18(22)23)19(24)16-6-8-17(9-7-16)27(25,26)20-11-4-5-15(3)13-20/h6-9,14-15H,4-5,10-13H2,1-3H3,(H,22,23). The van der Waals surface area contributed by atoms with Crippen molar-refractivity contribution in [2.75, 3.05) is 19.6 Å². The maximum atomic E-state index is 12.8. The SMILES string of the molecule is CC1CCCN(S(=O)(=O)c2ccc(C(=O)N(CCC(=O)O)C(C)C)cc2)C1. The van der Waals surface area contributed by atoms with Crippen LogP contribution in [0.25, 0.3) is 0 Å². The highest BCUT2D eigenvalue weighted by Gasteiger charge is 2.29. The molecular weight excluding hydrogens is 368 g/mol. The lowest BCUT2D eigenvalue weighted by atomic mass is 10.0. The maximum Gasteiger partial charge on any atom is 0.305 e. The summed E-state index contributed by atoms with van der Waals surface area (Å²) in [6.07, 6.45) is 1.74. The summed E-state index contributed by atoms with van der Waals surface area (Å²) < 4.78 is 27.1. The Morgan fingerprint density at radius 1 is 1.26 bits per heavy atom. The van der Waals surface area contributed by atoms with Crippen LogP contribution in [0.4, 0.5) is 0 Å². The number of rotatable bonds is 7. The molecule has 1 aliphatic rings. The summed E-state index contributed by atoms with van der Waals surface area (Å²) >= 11 is 0. The van der Waals surface area contributed by atoms with Crippen LogP contribution in [0.3, 0.4) is 0 Å². The summed E-state index contributed by atoms with van der Waals surface area (Å²) in [6, 6.07) is 5.75. The van der Waals surface area contributed by atoms with Crippen molar-refractivity contribution < 1.29 is 23.1 Å². The Morgan fingerprint density at radius 2 is 1.89 bits per heavy atom. The minimum absolute atomic E-state index is 0.109. The minimum Gasteiger partial charge on any atom is -0.481 e. The van der Waals surface area contributed by atoms with Crippen LogP contribution in [0, 0.1) is 5.92 Å². The Labute approximate surface area is 161 Å². The highest BCUT2D eigenvalue weighted by atomic mass is 32.2. The van der Waals surface area contributed by atoms with E-state index >= 15 is 0 Å². The van der Waals surface area contributed by atoms with E-state index in [4.69, 9.17) is 5.11 Å². The summed E-state index contributed by atoms with van der Waals surface area (Å²) in [7, 11) is -3.56. The van der Waals surface area contributed by atoms with Gasteiger partial charge >= 0.3 is 5.97 Å². The van der Waals surface area contributed by atoms with E-state index in [9.17, 15) is 18.0 Å². The average molecular weight is 397 g/mol. The zero-order valence-electron chi connectivity index (χ0n) is 16.1. The van der Waals surface area contributed by atoms with E-state index in [1.165, 1.54) is 33.5 Å². The Morgan fingerprint density at radius 3 is 2.41 bits per heavy atom. The summed E-state index contributed by atoms with van der Waals surface area (Å²) in [6.45, 7) is 6.81. The first kappa shape index (κ1) is 21.4. The third-order valence-electron chi connectivity index (χ3n) is 4.81. The van der Waals surface area contributed by atoms with Crippen molar-refractivity contribution in [3.05, 3.63) is 29.8 Å². The van der Waals surface area contributed by atoms with Crippen molar-refractivity contribution in [1.29, 1.82) is 0 Å². The molecule has 1 unspecified atom stereocenters. The lowest BCUT2D eigenvalue weighted by molar-refractivity contribution is -0.137. The van der Waals surface area contributed by atoms with Crippen LogP contribution in [0.1, 0.15) is 50.4 Å². The van der Waals surface area contributed by atoms with Crippen LogP contribution >= 0.6 is 0 Å². The molecule has 1 atom stereocenters. The van der Waals surface area contributed by atoms with Gasteiger partial charge in [-0.25, -0.2) is 8.42 Å². The lowest BCUT2D eigenvalue weighted by Crippen LogP contribution is -2.39. The smallest absolute Gasteiger partial charge is 0.305 e. The van der Waals surface area contributed by atoms with Gasteiger partial charge in [0.25, 0.3) is 5.91 Å². The van der Waals surface area contributed by atoms with E-state index in [0.717, 1.165) is 12.8 Å². The lowest BCUT2D eigenvalue weighted by Gasteiger charge is -2.30. The van der Waals surface area contributed by atoms with Gasteiger partial charge in [0, 0.05) is 31.2 Å². The molecule has 0 radical (unpaired) electrons. The van der Waals surface area contributed by atoms with E-state index in [-0.39, 0.29) is 29.8 Å². The number of carbonyl (C=O) groups excluding carboxylic acids is 1. The normalized spacial score (nSPS) is 18.4. The Hall–Kier alpha value is -1.93. The Balaban J connectivity index is 2.17. The number of benzene rings is 1. The molecule has 0 spiro atoms. The highest BCUT2D eigenvalue weighted by molar-refractivity contribution is 7.89. The van der Waals surface area contributed by atoms with Crippen molar-refractivity contribution in [3.8, 4) is 0 Å². The summed E-state index contributed by atoms with van der Waals surface area (Å²) in [5.41, 5.74) is 0.347. The number of piperidine rings is 1. The van der Waals surface area contributed by atoms with Crippen molar-refractivity contribution in [2.24, 2.45) is 5.92 Å². The fraction of sp³-hybridized carbons (Fsp3) is 0.579. The van der Waals surface area contributed by atoms with Crippen LogP contribution in [-0.4, -0.2) is 60.3 Å². The van der Waals surface area contributed by atoms with E-state index in [0.29, 0.717) is 24.6 Å². The molecule has 2 rings (SSSR count). The molecule has 0 bridgehead atoms. The molecule has 1 amide bonds. The predicted octanol–water partition coefficient (Wildman–Crippen LogP) is 2.43. The van der Waals surface area contributed by atoms with Crippen molar-refractivity contribution >= 4 is 21.9 Å². The number of carboxylic acid groups (broad SMARTS) is 1. The van der Waals surface area contributed by atoms with Gasteiger partial charge in [-0.15, -0.1) is 0 Å². The van der Waals surface area contributed by atoms with Gasteiger partial charge in [0.05, 0.1) is 11.3 Å². The van der Waals surface area contributed by atoms with Gasteiger partial charge in [-0.3, -0.25) is 9.59 Å². The number of hydrogen-bond donors (Lipinski definition) is 1. The molecule has 1 aromatic carbocycles. The maximum absolute atomic E-state index is 12.8. The summed E-state index contributed by atoms with van der Waals surface area (Å²) in [4.78, 5) is 25.1. The average Bonchev–Trinajstić information content (AvgIpc) is 2.61. The first-order valence-electron chi connectivity index (χ1n) is 9.26. The minimum atomic E-state index is -3.56. The molecule has 1 N–H and O–H groups in total. The molecule has 0 aromatic heterocycles. The Bertz CT molecular complexity index is 774. The first-order chi connectivity index (χ1) is 12.6. The second kappa shape index (κ2) is 8.84. The van der Waals surface area contributed by atoms with E-state index in [1.54, 1.807) is 0 Å². The largest absolute Gasteiger partial charge is 0.481 e. The van der Waals surface area contributed by atoms with E-state index in [2.05, 4.69) is 0 Å². The van der Waals surface area contributed by atoms with Crippen LogP contribution < -0.4 is 0 Å². The molecule has 1 aliphatic heterocycles. The predicted molar refractivity (Wildman–Crippen MR) is 102 cm³/mol. The van der Waals surface area contributed by atoms with Gasteiger partial charge in [0.2, 0.25) is 10.0 Å². The van der Waals surface area contributed by atoms with Crippen LogP contribution in [0.5, 0.6) is 0 Å². The molecule has 1 fully saturated rings. The molecule has 1 aromatic rings. The summed E-state index contributed by atoms with van der Waals surface area (Å²) in [5.74, 6) is -0.935. The van der Waals surface area contributed by atoms with Crippen molar-refractivity contribution in [1.82, 2.24) is 9.21 Å². The molecule has 0 saturated carbocycles.